The number of amides is 1. The molecular formula is C24H15BrN2O3S. The average Bonchev–Trinajstić information content (AvgIpc) is 3.32. The van der Waals surface area contributed by atoms with Gasteiger partial charge in [-0.2, -0.15) is 0 Å². The molecule has 5 rings (SSSR count). The first-order chi connectivity index (χ1) is 15.0. The van der Waals surface area contributed by atoms with Gasteiger partial charge in [0.25, 0.3) is 5.78 Å². The van der Waals surface area contributed by atoms with Gasteiger partial charge in [0.05, 0.1) is 21.8 Å². The number of aliphatic hydroxyl groups is 1. The van der Waals surface area contributed by atoms with Crippen molar-refractivity contribution in [3.05, 3.63) is 100 Å². The van der Waals surface area contributed by atoms with Gasteiger partial charge in [0.15, 0.2) is 5.13 Å². The molecule has 0 unspecified atom stereocenters. The molecule has 1 saturated heterocycles. The van der Waals surface area contributed by atoms with Crippen molar-refractivity contribution in [1.29, 1.82) is 0 Å². The largest absolute Gasteiger partial charge is 0.507 e. The number of carbonyl (C=O) groups is 2. The lowest BCUT2D eigenvalue weighted by Crippen LogP contribution is -2.29. The van der Waals surface area contributed by atoms with Gasteiger partial charge in [0.1, 0.15) is 5.76 Å². The van der Waals surface area contributed by atoms with Crippen molar-refractivity contribution in [2.24, 2.45) is 0 Å². The molecule has 152 valence electrons. The van der Waals surface area contributed by atoms with E-state index >= 15 is 0 Å². The van der Waals surface area contributed by atoms with E-state index in [4.69, 9.17) is 0 Å². The Labute approximate surface area is 190 Å². The van der Waals surface area contributed by atoms with E-state index in [0.717, 1.165) is 20.3 Å². The third-order valence-corrected chi connectivity index (χ3v) is 6.66. The Morgan fingerprint density at radius 2 is 1.65 bits per heavy atom. The molecule has 1 N–H and O–H groups in total. The topological polar surface area (TPSA) is 70.5 Å². The second-order valence-electron chi connectivity index (χ2n) is 7.05. The third-order valence-electron chi connectivity index (χ3n) is 5.15. The molecule has 1 aliphatic heterocycles. The number of aromatic nitrogens is 1. The number of benzene rings is 3. The average molecular weight is 491 g/mol. The van der Waals surface area contributed by atoms with Crippen molar-refractivity contribution in [2.45, 2.75) is 6.04 Å². The molecule has 1 atom stereocenters. The monoisotopic (exact) mass is 490 g/mol. The molecule has 0 bridgehead atoms. The number of anilines is 1. The van der Waals surface area contributed by atoms with Crippen molar-refractivity contribution in [3.8, 4) is 0 Å². The number of hydrogen-bond acceptors (Lipinski definition) is 5. The number of nitrogens with zero attached hydrogens (tertiary/aromatic N) is 2. The number of carbonyl (C=O) groups excluding carboxylic acids is 2. The van der Waals surface area contributed by atoms with E-state index in [1.54, 1.807) is 24.3 Å². The number of aliphatic hydroxyl groups excluding tert-OH is 1. The molecule has 4 aromatic rings. The van der Waals surface area contributed by atoms with E-state index in [9.17, 15) is 14.7 Å². The molecule has 0 saturated carbocycles. The Kier molecular flexibility index (Phi) is 4.92. The lowest BCUT2D eigenvalue weighted by molar-refractivity contribution is -0.132. The summed E-state index contributed by atoms with van der Waals surface area (Å²) in [5, 5.41) is 11.5. The first-order valence-electron chi connectivity index (χ1n) is 9.52. The fourth-order valence-corrected chi connectivity index (χ4v) is 5.27. The molecule has 2 heterocycles. The maximum atomic E-state index is 13.2. The highest BCUT2D eigenvalue weighted by molar-refractivity contribution is 9.10. The SMILES string of the molecule is O=C1C(=O)N(c2nc3ccc(Br)cc3s2)[C@@H](c2ccccc2)C1=C(O)c1ccccc1. The van der Waals surface area contributed by atoms with Crippen LogP contribution < -0.4 is 4.90 Å². The van der Waals surface area contributed by atoms with Gasteiger partial charge >= 0.3 is 5.91 Å². The maximum absolute atomic E-state index is 13.2. The van der Waals surface area contributed by atoms with Crippen LogP contribution in [0.4, 0.5) is 5.13 Å². The number of halogens is 1. The summed E-state index contributed by atoms with van der Waals surface area (Å²) in [4.78, 5) is 32.3. The minimum atomic E-state index is -0.773. The lowest BCUT2D eigenvalue weighted by atomic mass is 9.95. The third kappa shape index (κ3) is 3.36. The maximum Gasteiger partial charge on any atom is 0.301 e. The first kappa shape index (κ1) is 19.7. The summed E-state index contributed by atoms with van der Waals surface area (Å²) in [6.45, 7) is 0. The zero-order valence-corrected chi connectivity index (χ0v) is 18.4. The van der Waals surface area contributed by atoms with Crippen LogP contribution in [-0.4, -0.2) is 21.8 Å². The van der Waals surface area contributed by atoms with E-state index in [0.29, 0.717) is 10.7 Å². The van der Waals surface area contributed by atoms with E-state index in [1.807, 2.05) is 54.6 Å². The second-order valence-corrected chi connectivity index (χ2v) is 8.98. The Hall–Kier alpha value is -3.29. The van der Waals surface area contributed by atoms with E-state index in [2.05, 4.69) is 20.9 Å². The smallest absolute Gasteiger partial charge is 0.301 e. The summed E-state index contributed by atoms with van der Waals surface area (Å²) < 4.78 is 1.79. The zero-order valence-electron chi connectivity index (χ0n) is 16.0. The number of ketones is 1. The Balaban J connectivity index is 1.73. The Bertz CT molecular complexity index is 1350. The number of hydrogen-bond donors (Lipinski definition) is 1. The van der Waals surface area contributed by atoms with Gasteiger partial charge in [-0.05, 0) is 23.8 Å². The second kappa shape index (κ2) is 7.76. The number of rotatable bonds is 3. The molecule has 31 heavy (non-hydrogen) atoms. The van der Waals surface area contributed by atoms with Gasteiger partial charge in [0.2, 0.25) is 0 Å². The molecular weight excluding hydrogens is 476 g/mol. The minimum absolute atomic E-state index is 0.0582. The summed E-state index contributed by atoms with van der Waals surface area (Å²) in [5.74, 6) is -1.63. The Morgan fingerprint density at radius 3 is 2.35 bits per heavy atom. The zero-order chi connectivity index (χ0) is 21.5. The predicted molar refractivity (Wildman–Crippen MR) is 125 cm³/mol. The molecule has 1 fully saturated rings. The van der Waals surface area contributed by atoms with Crippen LogP contribution in [0.1, 0.15) is 17.2 Å². The summed E-state index contributed by atoms with van der Waals surface area (Å²) in [5.41, 5.74) is 2.00. The summed E-state index contributed by atoms with van der Waals surface area (Å²) in [6, 6.07) is 22.9. The molecule has 5 nitrogen and oxygen atoms in total. The standard InChI is InChI=1S/C24H15BrN2O3S/c25-16-11-12-17-18(13-16)31-24(26-17)27-20(14-7-3-1-4-8-14)19(22(29)23(27)30)21(28)15-9-5-2-6-10-15/h1-13,20,28H/t20-/m0/s1. The van der Waals surface area contributed by atoms with Crippen LogP contribution in [0.3, 0.4) is 0 Å². The lowest BCUT2D eigenvalue weighted by Gasteiger charge is -2.22. The highest BCUT2D eigenvalue weighted by Gasteiger charge is 2.48. The van der Waals surface area contributed by atoms with Crippen LogP contribution in [0.25, 0.3) is 16.0 Å². The van der Waals surface area contributed by atoms with Crippen LogP contribution in [0.5, 0.6) is 0 Å². The summed E-state index contributed by atoms with van der Waals surface area (Å²) in [7, 11) is 0. The molecule has 0 aliphatic carbocycles. The van der Waals surface area contributed by atoms with Crippen LogP contribution in [0.2, 0.25) is 0 Å². The van der Waals surface area contributed by atoms with E-state index in [-0.39, 0.29) is 11.3 Å². The van der Waals surface area contributed by atoms with Crippen LogP contribution in [-0.2, 0) is 9.59 Å². The molecule has 7 heteroatoms. The van der Waals surface area contributed by atoms with Crippen LogP contribution in [0, 0.1) is 0 Å². The van der Waals surface area contributed by atoms with Crippen LogP contribution >= 0.6 is 27.3 Å². The Morgan fingerprint density at radius 1 is 0.968 bits per heavy atom. The highest BCUT2D eigenvalue weighted by Crippen LogP contribution is 2.44. The number of thiazole rings is 1. The van der Waals surface area contributed by atoms with Gasteiger partial charge in [-0.25, -0.2) is 4.98 Å². The van der Waals surface area contributed by atoms with Gasteiger partial charge in [-0.15, -0.1) is 0 Å². The number of fused-ring (bicyclic) bond motifs is 1. The fraction of sp³-hybridized carbons (Fsp3) is 0.0417. The molecule has 1 aliphatic rings. The number of Topliss-reactive ketones (excluding diaryl/α,β-unsaturated/α-hetero) is 1. The van der Waals surface area contributed by atoms with Crippen molar-refractivity contribution >= 4 is 60.1 Å². The van der Waals surface area contributed by atoms with E-state index < -0.39 is 17.7 Å². The summed E-state index contributed by atoms with van der Waals surface area (Å²) >= 11 is 4.78. The first-order valence-corrected chi connectivity index (χ1v) is 11.1. The van der Waals surface area contributed by atoms with E-state index in [1.165, 1.54) is 16.2 Å². The van der Waals surface area contributed by atoms with Gasteiger partial charge < -0.3 is 5.11 Å². The highest BCUT2D eigenvalue weighted by atomic mass is 79.9. The predicted octanol–water partition coefficient (Wildman–Crippen LogP) is 5.69. The molecule has 1 aromatic heterocycles. The normalized spacial score (nSPS) is 18.1. The quantitative estimate of drug-likeness (QED) is 0.227. The van der Waals surface area contributed by atoms with Gasteiger partial charge in [-0.3, -0.25) is 14.5 Å². The van der Waals surface area contributed by atoms with Gasteiger partial charge in [-0.1, -0.05) is 87.9 Å². The van der Waals surface area contributed by atoms with Crippen molar-refractivity contribution in [1.82, 2.24) is 4.98 Å². The van der Waals surface area contributed by atoms with Crippen molar-refractivity contribution in [3.63, 3.8) is 0 Å². The molecule has 1 amide bonds. The van der Waals surface area contributed by atoms with Crippen LogP contribution in [0.15, 0.2) is 88.9 Å². The minimum Gasteiger partial charge on any atom is -0.507 e. The van der Waals surface area contributed by atoms with Crippen molar-refractivity contribution in [2.75, 3.05) is 4.90 Å². The fourth-order valence-electron chi connectivity index (χ4n) is 3.72. The molecule has 3 aromatic carbocycles. The van der Waals surface area contributed by atoms with Gasteiger partial charge in [0, 0.05) is 10.0 Å². The van der Waals surface area contributed by atoms with Crippen molar-refractivity contribution < 1.29 is 14.7 Å². The summed E-state index contributed by atoms with van der Waals surface area (Å²) in [6.07, 6.45) is 0. The molecule has 0 spiro atoms. The molecule has 0 radical (unpaired) electrons.